The molecular weight excluding hydrogens is 316 g/mol. The van der Waals surface area contributed by atoms with Gasteiger partial charge in [0.25, 0.3) is 0 Å². The summed E-state index contributed by atoms with van der Waals surface area (Å²) in [6.07, 6.45) is -0.510. The van der Waals surface area contributed by atoms with Gasteiger partial charge in [0.2, 0.25) is 0 Å². The zero-order valence-corrected chi connectivity index (χ0v) is 12.7. The van der Waals surface area contributed by atoms with E-state index >= 15 is 0 Å². The van der Waals surface area contributed by atoms with Crippen LogP contribution < -0.4 is 5.32 Å². The van der Waals surface area contributed by atoms with Crippen molar-refractivity contribution in [1.29, 1.82) is 5.26 Å². The molecule has 1 rings (SSSR count). The molecule has 0 saturated carbocycles. The molecule has 0 heterocycles. The van der Waals surface area contributed by atoms with Gasteiger partial charge in [0.15, 0.2) is 0 Å². The first-order valence-corrected chi connectivity index (χ1v) is 6.78. The fraction of sp³-hybridized carbons (Fsp3) is 0.333. The number of hydrogen-bond donors (Lipinski definition) is 1. The van der Waals surface area contributed by atoms with Crippen LogP contribution in [0, 0.1) is 10.7 Å². The third kappa shape index (κ3) is 4.98. The largest absolute Gasteiger partial charge is 0.444 e. The van der Waals surface area contributed by atoms with Gasteiger partial charge in [0, 0.05) is 9.37 Å². The average molecular weight is 329 g/mol. The van der Waals surface area contributed by atoms with Crippen LogP contribution in [0.3, 0.4) is 0 Å². The van der Waals surface area contributed by atoms with Crippen LogP contribution in [0.5, 0.6) is 0 Å². The summed E-state index contributed by atoms with van der Waals surface area (Å²) in [5.74, 6) is 0. The normalized spacial score (nSPS) is 10.6. The zero-order chi connectivity index (χ0) is 13.8. The molecule has 96 valence electrons. The van der Waals surface area contributed by atoms with E-state index in [1.54, 1.807) is 39.0 Å². The van der Waals surface area contributed by atoms with E-state index in [1.165, 1.54) is 0 Å². The van der Waals surface area contributed by atoms with E-state index in [2.05, 4.69) is 21.2 Å². The summed E-state index contributed by atoms with van der Waals surface area (Å²) in [6, 6.07) is 5.24. The van der Waals surface area contributed by atoms with Gasteiger partial charge in [-0.15, -0.1) is 0 Å². The summed E-state index contributed by atoms with van der Waals surface area (Å²) >= 11 is 4.39. The van der Waals surface area contributed by atoms with Crippen LogP contribution in [0.15, 0.2) is 27.6 Å². The lowest BCUT2D eigenvalue weighted by molar-refractivity contribution is 0.0636. The Morgan fingerprint density at radius 2 is 2.17 bits per heavy atom. The SMILES string of the molecule is CC(C)(C)OC(=O)Nc1ccc(SC#N)cc1Br. The summed E-state index contributed by atoms with van der Waals surface area (Å²) in [7, 11) is 0. The number of thiocyanates is 1. The van der Waals surface area contributed by atoms with Crippen LogP contribution in [0.2, 0.25) is 0 Å². The molecular formula is C12H13BrN2O2S. The van der Waals surface area contributed by atoms with E-state index in [4.69, 9.17) is 10.00 Å². The Morgan fingerprint density at radius 3 is 2.67 bits per heavy atom. The minimum Gasteiger partial charge on any atom is -0.444 e. The Morgan fingerprint density at radius 1 is 1.50 bits per heavy atom. The van der Waals surface area contributed by atoms with Gasteiger partial charge in [-0.25, -0.2) is 4.79 Å². The van der Waals surface area contributed by atoms with Crippen LogP contribution in [0.25, 0.3) is 0 Å². The fourth-order valence-corrected chi connectivity index (χ4v) is 2.17. The van der Waals surface area contributed by atoms with Crippen LogP contribution in [-0.2, 0) is 4.74 Å². The van der Waals surface area contributed by atoms with E-state index in [0.29, 0.717) is 10.2 Å². The summed E-state index contributed by atoms with van der Waals surface area (Å²) in [6.45, 7) is 5.40. The molecule has 1 aromatic carbocycles. The number of ether oxygens (including phenoxy) is 1. The fourth-order valence-electron chi connectivity index (χ4n) is 1.13. The van der Waals surface area contributed by atoms with E-state index < -0.39 is 11.7 Å². The Labute approximate surface area is 119 Å². The summed E-state index contributed by atoms with van der Waals surface area (Å²) in [5.41, 5.74) is 0.0687. The standard InChI is InChI=1S/C12H13BrN2O2S/c1-12(2,3)17-11(16)15-10-5-4-8(18-7-14)6-9(10)13/h4-6H,1-3H3,(H,15,16). The van der Waals surface area contributed by atoms with Gasteiger partial charge in [-0.2, -0.15) is 5.26 Å². The van der Waals surface area contributed by atoms with Gasteiger partial charge in [0.1, 0.15) is 11.0 Å². The highest BCUT2D eigenvalue weighted by atomic mass is 79.9. The molecule has 0 atom stereocenters. The van der Waals surface area contributed by atoms with E-state index in [0.717, 1.165) is 16.7 Å². The molecule has 1 amide bonds. The van der Waals surface area contributed by atoms with Crippen molar-refractivity contribution in [2.24, 2.45) is 0 Å². The van der Waals surface area contributed by atoms with Gasteiger partial charge in [-0.05, 0) is 66.7 Å². The second-order valence-corrected chi connectivity index (χ2v) is 6.17. The third-order valence-electron chi connectivity index (χ3n) is 1.74. The molecule has 0 aliphatic rings. The van der Waals surface area contributed by atoms with Gasteiger partial charge in [0.05, 0.1) is 5.69 Å². The Hall–Kier alpha value is -1.19. The number of nitrogens with one attached hydrogen (secondary N) is 1. The molecule has 0 aliphatic heterocycles. The predicted molar refractivity (Wildman–Crippen MR) is 75.5 cm³/mol. The molecule has 0 saturated heterocycles. The highest BCUT2D eigenvalue weighted by Crippen LogP contribution is 2.28. The summed E-state index contributed by atoms with van der Waals surface area (Å²) < 4.78 is 5.85. The molecule has 0 fully saturated rings. The monoisotopic (exact) mass is 328 g/mol. The number of amides is 1. The molecule has 0 unspecified atom stereocenters. The second kappa shape index (κ2) is 6.12. The van der Waals surface area contributed by atoms with Crippen molar-refractivity contribution in [2.45, 2.75) is 31.3 Å². The highest BCUT2D eigenvalue weighted by Gasteiger charge is 2.16. The number of nitrogens with zero attached hydrogens (tertiary/aromatic N) is 1. The Balaban J connectivity index is 2.74. The number of benzene rings is 1. The number of halogens is 1. The number of hydrogen-bond acceptors (Lipinski definition) is 4. The molecule has 1 aromatic rings. The molecule has 18 heavy (non-hydrogen) atoms. The van der Waals surface area contributed by atoms with Crippen molar-refractivity contribution in [2.75, 3.05) is 5.32 Å². The number of carbonyl (C=O) groups excluding carboxylic acids is 1. The highest BCUT2D eigenvalue weighted by molar-refractivity contribution is 9.10. The third-order valence-corrected chi connectivity index (χ3v) is 2.98. The van der Waals surface area contributed by atoms with Gasteiger partial charge >= 0.3 is 6.09 Å². The maximum absolute atomic E-state index is 11.6. The predicted octanol–water partition coefficient (Wildman–Crippen LogP) is 4.37. The summed E-state index contributed by atoms with van der Waals surface area (Å²) in [5, 5.41) is 13.2. The Kier molecular flexibility index (Phi) is 5.05. The number of carbonyl (C=O) groups is 1. The molecule has 0 radical (unpaired) electrons. The van der Waals surface area contributed by atoms with E-state index in [-0.39, 0.29) is 0 Å². The van der Waals surface area contributed by atoms with Gasteiger partial charge in [-0.3, -0.25) is 5.32 Å². The van der Waals surface area contributed by atoms with Gasteiger partial charge in [-0.1, -0.05) is 0 Å². The Bertz CT molecular complexity index is 492. The number of anilines is 1. The first kappa shape index (κ1) is 14.9. The van der Waals surface area contributed by atoms with Crippen LogP contribution in [0.1, 0.15) is 20.8 Å². The number of thioether (sulfide) groups is 1. The van der Waals surface area contributed by atoms with Crippen LogP contribution >= 0.6 is 27.7 Å². The zero-order valence-electron chi connectivity index (χ0n) is 10.3. The lowest BCUT2D eigenvalue weighted by Crippen LogP contribution is -2.27. The van der Waals surface area contributed by atoms with Crippen molar-refractivity contribution in [3.05, 3.63) is 22.7 Å². The topological polar surface area (TPSA) is 62.1 Å². The lowest BCUT2D eigenvalue weighted by atomic mass is 10.2. The lowest BCUT2D eigenvalue weighted by Gasteiger charge is -2.20. The van der Waals surface area contributed by atoms with Crippen LogP contribution in [0.4, 0.5) is 10.5 Å². The molecule has 6 heteroatoms. The van der Waals surface area contributed by atoms with E-state index in [9.17, 15) is 4.79 Å². The molecule has 0 aliphatic carbocycles. The van der Waals surface area contributed by atoms with Crippen molar-refractivity contribution < 1.29 is 9.53 Å². The maximum atomic E-state index is 11.6. The molecule has 1 N–H and O–H groups in total. The first-order valence-electron chi connectivity index (χ1n) is 5.17. The average Bonchev–Trinajstić information content (AvgIpc) is 2.20. The van der Waals surface area contributed by atoms with Crippen molar-refractivity contribution in [1.82, 2.24) is 0 Å². The maximum Gasteiger partial charge on any atom is 0.412 e. The quantitative estimate of drug-likeness (QED) is 0.646. The second-order valence-electron chi connectivity index (χ2n) is 4.46. The minimum atomic E-state index is -0.535. The minimum absolute atomic E-state index is 0.510. The number of nitriles is 1. The van der Waals surface area contributed by atoms with Gasteiger partial charge < -0.3 is 4.74 Å². The molecule has 0 bridgehead atoms. The molecule has 0 spiro atoms. The molecule has 4 nitrogen and oxygen atoms in total. The first-order chi connectivity index (χ1) is 8.31. The number of rotatable bonds is 2. The van der Waals surface area contributed by atoms with Crippen molar-refractivity contribution in [3.63, 3.8) is 0 Å². The van der Waals surface area contributed by atoms with Crippen molar-refractivity contribution in [3.8, 4) is 5.40 Å². The summed E-state index contributed by atoms with van der Waals surface area (Å²) in [4.78, 5) is 12.4. The smallest absolute Gasteiger partial charge is 0.412 e. The van der Waals surface area contributed by atoms with Crippen LogP contribution in [-0.4, -0.2) is 11.7 Å². The molecule has 0 aromatic heterocycles. The van der Waals surface area contributed by atoms with E-state index in [1.807, 2.05) is 5.40 Å². The van der Waals surface area contributed by atoms with Crippen molar-refractivity contribution >= 4 is 39.5 Å².